The van der Waals surface area contributed by atoms with Crippen LogP contribution in [0.3, 0.4) is 0 Å². The van der Waals surface area contributed by atoms with E-state index in [1.165, 1.54) is 81.7 Å². The fraction of sp³-hybridized carbons (Fsp3) is 0.0698. The molecule has 0 spiro atoms. The van der Waals surface area contributed by atoms with Crippen LogP contribution in [0.25, 0.3) is 76.5 Å². The van der Waals surface area contributed by atoms with E-state index in [1.54, 1.807) is 0 Å². The average molecular weight is 579 g/mol. The maximum absolute atomic E-state index is 2.42. The smallest absolute Gasteiger partial charge is 0.0656 e. The van der Waals surface area contributed by atoms with Crippen LogP contribution in [0, 0.1) is 0 Å². The Hall–Kier alpha value is -4.98. The number of hydrogen-bond acceptors (Lipinski definition) is 0. The molecule has 8 aromatic rings. The van der Waals surface area contributed by atoms with Crippen molar-refractivity contribution in [2.75, 3.05) is 0 Å². The molecule has 0 aliphatic heterocycles. The highest BCUT2D eigenvalue weighted by molar-refractivity contribution is 6.88. The maximum atomic E-state index is 2.42. The van der Waals surface area contributed by atoms with Gasteiger partial charge in [0, 0.05) is 0 Å². The summed E-state index contributed by atoms with van der Waals surface area (Å²) in [4.78, 5) is 0. The zero-order valence-corrected chi connectivity index (χ0v) is 26.4. The first-order valence-corrected chi connectivity index (χ1v) is 19.0. The summed E-state index contributed by atoms with van der Waals surface area (Å²) < 4.78 is 0. The summed E-state index contributed by atoms with van der Waals surface area (Å²) in [6, 6.07) is 56.4. The van der Waals surface area contributed by atoms with Crippen molar-refractivity contribution in [2.24, 2.45) is 0 Å². The summed E-state index contributed by atoms with van der Waals surface area (Å²) in [6.07, 6.45) is 0. The quantitative estimate of drug-likeness (QED) is 0.144. The SMILES string of the molecule is C[Si](C)(C)c1ccc2cc(-c3c4ccccc4c(-c4ccc(-c5ccc6ccccc6c5)cc4)c4ccccc34)ccc2c1. The van der Waals surface area contributed by atoms with E-state index in [4.69, 9.17) is 0 Å². The van der Waals surface area contributed by atoms with Crippen LogP contribution in [0.1, 0.15) is 0 Å². The molecule has 0 radical (unpaired) electrons. The van der Waals surface area contributed by atoms with E-state index in [9.17, 15) is 0 Å². The Balaban J connectivity index is 1.30. The highest BCUT2D eigenvalue weighted by atomic mass is 28.3. The standard InChI is InChI=1S/C43H34Si/c1-44(2,3)37-25-24-34-27-36(23-22-35(34)28-37)43-40-14-8-6-12-38(40)42(39-13-7-9-15-41(39)43)31-19-16-30(17-20-31)33-21-18-29-10-4-5-11-32(29)26-33/h4-28H,1-3H3. The van der Waals surface area contributed by atoms with Gasteiger partial charge in [-0.2, -0.15) is 0 Å². The minimum absolute atomic E-state index is 1.23. The molecule has 0 heterocycles. The average Bonchev–Trinajstić information content (AvgIpc) is 3.06. The molecule has 0 aliphatic rings. The molecule has 8 aromatic carbocycles. The van der Waals surface area contributed by atoms with Crippen LogP contribution in [0.4, 0.5) is 0 Å². The molecule has 0 fully saturated rings. The van der Waals surface area contributed by atoms with Gasteiger partial charge in [-0.3, -0.25) is 0 Å². The van der Waals surface area contributed by atoms with Gasteiger partial charge in [0.2, 0.25) is 0 Å². The summed E-state index contributed by atoms with van der Waals surface area (Å²) in [5.41, 5.74) is 7.59. The summed E-state index contributed by atoms with van der Waals surface area (Å²) in [6.45, 7) is 7.25. The monoisotopic (exact) mass is 578 g/mol. The van der Waals surface area contributed by atoms with Crippen molar-refractivity contribution in [2.45, 2.75) is 19.6 Å². The Kier molecular flexibility index (Phi) is 6.25. The largest absolute Gasteiger partial charge is 0.0776 e. The van der Waals surface area contributed by atoms with E-state index in [2.05, 4.69) is 171 Å². The van der Waals surface area contributed by atoms with Crippen LogP contribution >= 0.6 is 0 Å². The third kappa shape index (κ3) is 4.52. The van der Waals surface area contributed by atoms with Gasteiger partial charge in [-0.05, 0) is 88.6 Å². The lowest BCUT2D eigenvalue weighted by Crippen LogP contribution is -2.37. The predicted molar refractivity (Wildman–Crippen MR) is 196 cm³/mol. The van der Waals surface area contributed by atoms with Gasteiger partial charge in [-0.15, -0.1) is 0 Å². The molecule has 210 valence electrons. The topological polar surface area (TPSA) is 0 Å². The molecule has 8 rings (SSSR count). The van der Waals surface area contributed by atoms with E-state index in [1.807, 2.05) is 0 Å². The first-order valence-electron chi connectivity index (χ1n) is 15.5. The van der Waals surface area contributed by atoms with E-state index < -0.39 is 8.07 Å². The van der Waals surface area contributed by atoms with Crippen molar-refractivity contribution < 1.29 is 0 Å². The molecule has 0 amide bonds. The van der Waals surface area contributed by atoms with Crippen molar-refractivity contribution in [3.63, 3.8) is 0 Å². The number of fused-ring (bicyclic) bond motifs is 4. The number of benzene rings is 8. The lowest BCUT2D eigenvalue weighted by Gasteiger charge is -2.19. The minimum atomic E-state index is -1.37. The van der Waals surface area contributed by atoms with E-state index in [0.29, 0.717) is 0 Å². The highest BCUT2D eigenvalue weighted by Crippen LogP contribution is 2.44. The van der Waals surface area contributed by atoms with Gasteiger partial charge in [-0.25, -0.2) is 0 Å². The molecule has 44 heavy (non-hydrogen) atoms. The summed E-state index contributed by atoms with van der Waals surface area (Å²) in [5.74, 6) is 0. The normalized spacial score (nSPS) is 12.0. The van der Waals surface area contributed by atoms with Crippen molar-refractivity contribution >= 4 is 56.4 Å². The van der Waals surface area contributed by atoms with Gasteiger partial charge in [0.15, 0.2) is 0 Å². The van der Waals surface area contributed by atoms with Gasteiger partial charge in [-0.1, -0.05) is 164 Å². The molecule has 0 nitrogen and oxygen atoms in total. The Bertz CT molecular complexity index is 2300. The summed E-state index contributed by atoms with van der Waals surface area (Å²) in [5, 5.41) is 11.8. The van der Waals surface area contributed by atoms with E-state index in [-0.39, 0.29) is 0 Å². The molecular weight excluding hydrogens is 545 g/mol. The maximum Gasteiger partial charge on any atom is 0.0776 e. The van der Waals surface area contributed by atoms with Crippen LogP contribution in [-0.2, 0) is 0 Å². The second-order valence-corrected chi connectivity index (χ2v) is 18.1. The lowest BCUT2D eigenvalue weighted by molar-refractivity contribution is 1.63. The highest BCUT2D eigenvalue weighted by Gasteiger charge is 2.19. The van der Waals surface area contributed by atoms with Gasteiger partial charge >= 0.3 is 0 Å². The zero-order valence-electron chi connectivity index (χ0n) is 25.4. The summed E-state index contributed by atoms with van der Waals surface area (Å²) in [7, 11) is -1.37. The molecule has 0 saturated heterocycles. The number of hydrogen-bond donors (Lipinski definition) is 0. The molecule has 0 N–H and O–H groups in total. The molecule has 0 saturated carbocycles. The lowest BCUT2D eigenvalue weighted by atomic mass is 9.85. The van der Waals surface area contributed by atoms with Crippen LogP contribution in [0.2, 0.25) is 19.6 Å². The van der Waals surface area contributed by atoms with Crippen LogP contribution in [-0.4, -0.2) is 8.07 Å². The van der Waals surface area contributed by atoms with Crippen molar-refractivity contribution in [1.82, 2.24) is 0 Å². The van der Waals surface area contributed by atoms with Gasteiger partial charge in [0.1, 0.15) is 0 Å². The fourth-order valence-electron chi connectivity index (χ4n) is 6.82. The summed E-state index contributed by atoms with van der Waals surface area (Å²) >= 11 is 0. The van der Waals surface area contributed by atoms with Gasteiger partial charge in [0.05, 0.1) is 8.07 Å². The molecule has 1 heteroatoms. The molecule has 0 aromatic heterocycles. The predicted octanol–water partition coefficient (Wildman–Crippen LogP) is 11.8. The number of rotatable bonds is 4. The van der Waals surface area contributed by atoms with E-state index in [0.717, 1.165) is 0 Å². The van der Waals surface area contributed by atoms with Gasteiger partial charge in [0.25, 0.3) is 0 Å². The Morgan fingerprint density at radius 1 is 0.318 bits per heavy atom. The van der Waals surface area contributed by atoms with Crippen LogP contribution in [0.5, 0.6) is 0 Å². The Morgan fingerprint density at radius 2 is 0.727 bits per heavy atom. The molecule has 0 bridgehead atoms. The Labute approximate surface area is 260 Å². The molecule has 0 aliphatic carbocycles. The molecular formula is C43H34Si. The van der Waals surface area contributed by atoms with E-state index >= 15 is 0 Å². The fourth-order valence-corrected chi connectivity index (χ4v) is 7.99. The Morgan fingerprint density at radius 3 is 1.36 bits per heavy atom. The first kappa shape index (κ1) is 26.6. The first-order chi connectivity index (χ1) is 21.4. The van der Waals surface area contributed by atoms with Crippen molar-refractivity contribution in [3.8, 4) is 33.4 Å². The third-order valence-electron chi connectivity index (χ3n) is 9.18. The zero-order chi connectivity index (χ0) is 29.8. The second-order valence-electron chi connectivity index (χ2n) is 13.0. The van der Waals surface area contributed by atoms with Crippen molar-refractivity contribution in [1.29, 1.82) is 0 Å². The second kappa shape index (κ2) is 10.3. The minimum Gasteiger partial charge on any atom is -0.0656 e. The van der Waals surface area contributed by atoms with Crippen LogP contribution < -0.4 is 5.19 Å². The van der Waals surface area contributed by atoms with Crippen LogP contribution in [0.15, 0.2) is 152 Å². The van der Waals surface area contributed by atoms with Gasteiger partial charge < -0.3 is 0 Å². The molecule has 0 unspecified atom stereocenters. The van der Waals surface area contributed by atoms with Crippen molar-refractivity contribution in [3.05, 3.63) is 152 Å². The third-order valence-corrected chi connectivity index (χ3v) is 11.2. The molecule has 0 atom stereocenters.